The molecule has 4 rings (SSSR count). The first kappa shape index (κ1) is 31.6. The van der Waals surface area contributed by atoms with Crippen LogP contribution in [0.2, 0.25) is 10.0 Å². The number of β-amino-alcohol motifs (C(OH)–C–C–N with tert-alkyl or cyclic N) is 1. The molecule has 2 aromatic carbocycles. The number of rotatable bonds is 12. The fraction of sp³-hybridized carbons (Fsp3) is 0.500. The zero-order chi connectivity index (χ0) is 29.4. The molecule has 41 heavy (non-hydrogen) atoms. The van der Waals surface area contributed by atoms with Gasteiger partial charge in [-0.15, -0.1) is 0 Å². The third-order valence-corrected chi connectivity index (χ3v) is 8.95. The molecule has 0 spiro atoms. The van der Waals surface area contributed by atoms with Gasteiger partial charge in [0.25, 0.3) is 0 Å². The van der Waals surface area contributed by atoms with Crippen LogP contribution in [-0.2, 0) is 11.2 Å². The quantitative estimate of drug-likeness (QED) is 0.278. The molecule has 1 saturated heterocycles. The van der Waals surface area contributed by atoms with Crippen molar-refractivity contribution in [3.05, 3.63) is 87.9 Å². The van der Waals surface area contributed by atoms with Gasteiger partial charge in [0.2, 0.25) is 5.91 Å². The Balaban J connectivity index is 1.34. The predicted octanol–water partition coefficient (Wildman–Crippen LogP) is 7.30. The Bertz CT molecular complexity index is 1220. The van der Waals surface area contributed by atoms with Crippen molar-refractivity contribution in [1.29, 1.82) is 0 Å². The van der Waals surface area contributed by atoms with E-state index < -0.39 is 5.60 Å². The van der Waals surface area contributed by atoms with Gasteiger partial charge in [-0.2, -0.15) is 0 Å². The number of carbonyl (C=O) groups excluding carboxylic acids is 1. The average molecular weight is 600 g/mol. The summed E-state index contributed by atoms with van der Waals surface area (Å²) in [5.74, 6) is 1.65. The number of ether oxygens (including phenoxy) is 1. The van der Waals surface area contributed by atoms with Gasteiger partial charge in [-0.05, 0) is 100 Å². The van der Waals surface area contributed by atoms with Crippen molar-refractivity contribution in [2.45, 2.75) is 70.0 Å². The van der Waals surface area contributed by atoms with Crippen molar-refractivity contribution in [1.82, 2.24) is 9.80 Å². The summed E-state index contributed by atoms with van der Waals surface area (Å²) in [6.07, 6.45) is 13.3. The molecule has 1 fully saturated rings. The van der Waals surface area contributed by atoms with Crippen LogP contribution in [0.5, 0.6) is 5.75 Å². The monoisotopic (exact) mass is 598 g/mol. The molecule has 1 heterocycles. The molecule has 0 saturated carbocycles. The maximum Gasteiger partial charge on any atom is 0.226 e. The second-order valence-electron chi connectivity index (χ2n) is 12.0. The van der Waals surface area contributed by atoms with Crippen LogP contribution >= 0.6 is 23.2 Å². The van der Waals surface area contributed by atoms with Crippen LogP contribution in [0.4, 0.5) is 0 Å². The highest BCUT2D eigenvalue weighted by molar-refractivity contribution is 6.42. The number of amides is 1. The molecule has 1 aliphatic heterocycles. The summed E-state index contributed by atoms with van der Waals surface area (Å²) in [5.41, 5.74) is 1.31. The van der Waals surface area contributed by atoms with Crippen molar-refractivity contribution in [2.24, 2.45) is 5.92 Å². The highest BCUT2D eigenvalue weighted by Crippen LogP contribution is 2.33. The van der Waals surface area contributed by atoms with E-state index in [9.17, 15) is 9.90 Å². The molecule has 2 aliphatic rings. The largest absolute Gasteiger partial charge is 0.491 e. The van der Waals surface area contributed by atoms with Crippen LogP contribution in [0, 0.1) is 5.92 Å². The third kappa shape index (κ3) is 9.61. The maximum atomic E-state index is 13.3. The number of nitrogens with zero attached hydrogens (tertiary/aromatic N) is 2. The summed E-state index contributed by atoms with van der Waals surface area (Å²) in [7, 11) is 1.89. The number of likely N-dealkylation sites (N-methyl/N-ethyl adjacent to an activating group) is 1. The molecular formula is C34H44Cl2N2O3. The molecule has 222 valence electrons. The van der Waals surface area contributed by atoms with E-state index in [-0.39, 0.29) is 17.9 Å². The number of aliphatic hydroxyl groups is 1. The molecular weight excluding hydrogens is 555 g/mol. The molecule has 1 N–H and O–H groups in total. The second kappa shape index (κ2) is 14.7. The number of halogens is 2. The Kier molecular flexibility index (Phi) is 11.4. The van der Waals surface area contributed by atoms with Crippen molar-refractivity contribution < 1.29 is 14.6 Å². The standard InChI is InChI=1S/C34H44Cl2N2O3/c1-25(2)41-30-9-7-8-27(20-30)21-33(39)37(3)23-29(28-12-13-31(35)32(36)22-28)11-10-26-14-18-38(19-15-26)24-34(40)16-5-4-6-17-34/h4-9,12-13,16,20,22,25-26,29,40H,10-11,14-15,17-19,21,23-24H2,1-3H3. The summed E-state index contributed by atoms with van der Waals surface area (Å²) in [6.45, 7) is 7.29. The molecule has 2 atom stereocenters. The SMILES string of the molecule is CC(C)Oc1cccc(CC(=O)N(C)CC(CCC2CCN(CC3(O)C=CC=CC3)CC2)c2ccc(Cl)c(Cl)c2)c1. The zero-order valence-corrected chi connectivity index (χ0v) is 26.1. The van der Waals surface area contributed by atoms with E-state index in [1.165, 1.54) is 0 Å². The number of benzene rings is 2. The van der Waals surface area contributed by atoms with Crippen LogP contribution in [-0.4, -0.2) is 65.7 Å². The summed E-state index contributed by atoms with van der Waals surface area (Å²) in [5, 5.41) is 12.0. The number of carbonyl (C=O) groups is 1. The highest BCUT2D eigenvalue weighted by atomic mass is 35.5. The third-order valence-electron chi connectivity index (χ3n) is 8.21. The Morgan fingerprint density at radius 1 is 1.12 bits per heavy atom. The second-order valence-corrected chi connectivity index (χ2v) is 12.8. The van der Waals surface area contributed by atoms with Gasteiger partial charge in [-0.3, -0.25) is 4.79 Å². The molecule has 1 aliphatic carbocycles. The van der Waals surface area contributed by atoms with Gasteiger partial charge in [0.15, 0.2) is 0 Å². The first-order valence-corrected chi connectivity index (χ1v) is 15.6. The van der Waals surface area contributed by atoms with Crippen LogP contribution in [0.3, 0.4) is 0 Å². The number of allylic oxidation sites excluding steroid dienone is 2. The topological polar surface area (TPSA) is 53.0 Å². The van der Waals surface area contributed by atoms with Gasteiger partial charge in [-0.1, -0.05) is 65.7 Å². The highest BCUT2D eigenvalue weighted by Gasteiger charge is 2.29. The molecule has 7 heteroatoms. The Labute approximate surface area is 255 Å². The molecule has 0 radical (unpaired) electrons. The van der Waals surface area contributed by atoms with E-state index in [0.29, 0.717) is 41.9 Å². The van der Waals surface area contributed by atoms with Crippen molar-refractivity contribution in [3.63, 3.8) is 0 Å². The van der Waals surface area contributed by atoms with E-state index in [0.717, 1.165) is 55.6 Å². The van der Waals surface area contributed by atoms with E-state index in [2.05, 4.69) is 4.90 Å². The van der Waals surface area contributed by atoms with Gasteiger partial charge in [0, 0.05) is 26.1 Å². The number of hydrogen-bond donors (Lipinski definition) is 1. The lowest BCUT2D eigenvalue weighted by Crippen LogP contribution is -2.45. The predicted molar refractivity (Wildman–Crippen MR) is 169 cm³/mol. The fourth-order valence-electron chi connectivity index (χ4n) is 5.90. The van der Waals surface area contributed by atoms with Crippen molar-refractivity contribution in [2.75, 3.05) is 33.2 Å². The molecule has 0 aromatic heterocycles. The lowest BCUT2D eigenvalue weighted by molar-refractivity contribution is -0.129. The van der Waals surface area contributed by atoms with E-state index in [4.69, 9.17) is 27.9 Å². The molecule has 1 amide bonds. The summed E-state index contributed by atoms with van der Waals surface area (Å²) in [6, 6.07) is 13.6. The first-order valence-electron chi connectivity index (χ1n) is 14.8. The average Bonchev–Trinajstić information content (AvgIpc) is 2.93. The minimum absolute atomic E-state index is 0.0783. The summed E-state index contributed by atoms with van der Waals surface area (Å²) in [4.78, 5) is 17.5. The molecule has 2 aromatic rings. The normalized spacial score (nSPS) is 20.4. The fourth-order valence-corrected chi connectivity index (χ4v) is 6.21. The number of hydrogen-bond acceptors (Lipinski definition) is 4. The van der Waals surface area contributed by atoms with Crippen LogP contribution in [0.25, 0.3) is 0 Å². The van der Waals surface area contributed by atoms with Gasteiger partial charge in [-0.25, -0.2) is 0 Å². The Hall–Kier alpha value is -2.31. The maximum absolute atomic E-state index is 13.3. The Morgan fingerprint density at radius 3 is 2.59 bits per heavy atom. The Morgan fingerprint density at radius 2 is 1.90 bits per heavy atom. The molecule has 0 bridgehead atoms. The van der Waals surface area contributed by atoms with Gasteiger partial charge in [0.05, 0.1) is 28.2 Å². The van der Waals surface area contributed by atoms with E-state index >= 15 is 0 Å². The minimum atomic E-state index is -0.750. The lowest BCUT2D eigenvalue weighted by Gasteiger charge is -2.37. The van der Waals surface area contributed by atoms with E-state index in [1.54, 1.807) is 0 Å². The molecule has 2 unspecified atom stereocenters. The lowest BCUT2D eigenvalue weighted by atomic mass is 9.85. The van der Waals surface area contributed by atoms with E-state index in [1.807, 2.05) is 92.6 Å². The van der Waals surface area contributed by atoms with Crippen molar-refractivity contribution in [3.8, 4) is 5.75 Å². The van der Waals surface area contributed by atoms with Crippen LogP contribution < -0.4 is 4.74 Å². The summed E-state index contributed by atoms with van der Waals surface area (Å²) >= 11 is 12.6. The van der Waals surface area contributed by atoms with Crippen LogP contribution in [0.1, 0.15) is 63.0 Å². The summed E-state index contributed by atoms with van der Waals surface area (Å²) < 4.78 is 5.81. The molecule has 5 nitrogen and oxygen atoms in total. The minimum Gasteiger partial charge on any atom is -0.491 e. The number of piperidine rings is 1. The van der Waals surface area contributed by atoms with Crippen LogP contribution in [0.15, 0.2) is 66.8 Å². The van der Waals surface area contributed by atoms with Crippen molar-refractivity contribution >= 4 is 29.1 Å². The van der Waals surface area contributed by atoms with Gasteiger partial charge < -0.3 is 19.6 Å². The first-order chi connectivity index (χ1) is 19.6. The smallest absolute Gasteiger partial charge is 0.226 e. The van der Waals surface area contributed by atoms with Gasteiger partial charge in [0.1, 0.15) is 5.75 Å². The van der Waals surface area contributed by atoms with Gasteiger partial charge >= 0.3 is 0 Å². The zero-order valence-electron chi connectivity index (χ0n) is 24.6. The number of likely N-dealkylation sites (tertiary alicyclic amines) is 1.